The minimum Gasteiger partial charge on any atom is -0.394 e. The molecule has 1 atom stereocenters. The number of aryl methyl sites for hydroxylation is 1. The van der Waals surface area contributed by atoms with Gasteiger partial charge < -0.3 is 15.2 Å². The summed E-state index contributed by atoms with van der Waals surface area (Å²) in [6, 6.07) is 9.78. The zero-order chi connectivity index (χ0) is 12.5. The van der Waals surface area contributed by atoms with Gasteiger partial charge in [-0.3, -0.25) is 4.79 Å². The van der Waals surface area contributed by atoms with Crippen molar-refractivity contribution in [1.29, 1.82) is 0 Å². The number of amides is 1. The van der Waals surface area contributed by atoms with Crippen LogP contribution in [0.25, 0.3) is 0 Å². The Bertz CT molecular complexity index is 327. The van der Waals surface area contributed by atoms with Gasteiger partial charge >= 0.3 is 0 Å². The number of hydrogen-bond donors (Lipinski definition) is 2. The second-order valence-corrected chi connectivity index (χ2v) is 3.90. The fraction of sp³-hybridized carbons (Fsp3) is 0.462. The maximum Gasteiger partial charge on any atom is 0.246 e. The van der Waals surface area contributed by atoms with Crippen LogP contribution in [0.4, 0.5) is 0 Å². The maximum absolute atomic E-state index is 11.3. The molecular formula is C13H19NO3. The lowest BCUT2D eigenvalue weighted by Crippen LogP contribution is -2.39. The van der Waals surface area contributed by atoms with E-state index in [2.05, 4.69) is 5.32 Å². The van der Waals surface area contributed by atoms with Crippen molar-refractivity contribution in [3.8, 4) is 0 Å². The molecule has 1 unspecified atom stereocenters. The molecule has 94 valence electrons. The first-order chi connectivity index (χ1) is 8.26. The quantitative estimate of drug-likeness (QED) is 0.735. The summed E-state index contributed by atoms with van der Waals surface area (Å²) in [5.74, 6) is -0.195. The molecule has 2 N–H and O–H groups in total. The molecule has 1 amide bonds. The van der Waals surface area contributed by atoms with Crippen molar-refractivity contribution in [3.63, 3.8) is 0 Å². The fourth-order valence-electron chi connectivity index (χ4n) is 1.60. The van der Waals surface area contributed by atoms with E-state index in [1.807, 2.05) is 30.3 Å². The number of aliphatic hydroxyl groups excluding tert-OH is 1. The second kappa shape index (κ2) is 7.81. The van der Waals surface area contributed by atoms with Gasteiger partial charge in [0.15, 0.2) is 0 Å². The highest BCUT2D eigenvalue weighted by molar-refractivity contribution is 5.77. The Hall–Kier alpha value is -1.39. The predicted molar refractivity (Wildman–Crippen MR) is 65.7 cm³/mol. The molecule has 0 aliphatic heterocycles. The van der Waals surface area contributed by atoms with Crippen molar-refractivity contribution in [2.75, 3.05) is 20.3 Å². The van der Waals surface area contributed by atoms with Gasteiger partial charge in [-0.1, -0.05) is 30.3 Å². The number of carbonyl (C=O) groups excluding carboxylic acids is 1. The molecule has 0 saturated carbocycles. The number of nitrogens with one attached hydrogen (secondary N) is 1. The molecule has 4 heteroatoms. The van der Waals surface area contributed by atoms with Gasteiger partial charge in [0, 0.05) is 7.11 Å². The van der Waals surface area contributed by atoms with E-state index in [9.17, 15) is 4.79 Å². The molecule has 0 aliphatic rings. The van der Waals surface area contributed by atoms with E-state index < -0.39 is 0 Å². The van der Waals surface area contributed by atoms with Crippen LogP contribution in [0.15, 0.2) is 30.3 Å². The number of benzene rings is 1. The predicted octanol–water partition coefficient (Wildman–Crippen LogP) is 0.743. The number of methoxy groups -OCH3 is 1. The smallest absolute Gasteiger partial charge is 0.246 e. The SMILES string of the molecule is COCC(=O)NC(CO)CCc1ccccc1. The second-order valence-electron chi connectivity index (χ2n) is 3.90. The molecule has 0 aromatic heterocycles. The monoisotopic (exact) mass is 237 g/mol. The van der Waals surface area contributed by atoms with Gasteiger partial charge in [0.2, 0.25) is 5.91 Å². The standard InChI is InChI=1S/C13H19NO3/c1-17-10-13(16)14-12(9-15)8-7-11-5-3-2-4-6-11/h2-6,12,15H,7-10H2,1H3,(H,14,16). The highest BCUT2D eigenvalue weighted by Gasteiger charge is 2.10. The molecule has 0 aliphatic carbocycles. The van der Waals surface area contributed by atoms with Crippen LogP contribution in [0, 0.1) is 0 Å². The third-order valence-electron chi connectivity index (χ3n) is 2.49. The van der Waals surface area contributed by atoms with E-state index in [1.54, 1.807) is 0 Å². The Morgan fingerprint density at radius 2 is 2.12 bits per heavy atom. The number of hydrogen-bond acceptors (Lipinski definition) is 3. The highest BCUT2D eigenvalue weighted by atomic mass is 16.5. The Labute approximate surface area is 102 Å². The van der Waals surface area contributed by atoms with Crippen molar-refractivity contribution in [2.45, 2.75) is 18.9 Å². The normalized spacial score (nSPS) is 12.1. The van der Waals surface area contributed by atoms with Gasteiger partial charge in [0.1, 0.15) is 6.61 Å². The average molecular weight is 237 g/mol. The lowest BCUT2D eigenvalue weighted by Gasteiger charge is -2.15. The van der Waals surface area contributed by atoms with E-state index in [0.29, 0.717) is 0 Å². The Balaban J connectivity index is 2.34. The largest absolute Gasteiger partial charge is 0.394 e. The Morgan fingerprint density at radius 3 is 2.71 bits per heavy atom. The summed E-state index contributed by atoms with van der Waals surface area (Å²) in [7, 11) is 1.47. The first-order valence-electron chi connectivity index (χ1n) is 5.69. The van der Waals surface area contributed by atoms with Crippen LogP contribution in [-0.4, -0.2) is 37.4 Å². The van der Waals surface area contributed by atoms with Crippen LogP contribution in [0.5, 0.6) is 0 Å². The molecule has 1 aromatic carbocycles. The summed E-state index contributed by atoms with van der Waals surface area (Å²) < 4.78 is 4.72. The lowest BCUT2D eigenvalue weighted by molar-refractivity contribution is -0.125. The summed E-state index contributed by atoms with van der Waals surface area (Å²) in [6.07, 6.45) is 1.55. The molecule has 0 heterocycles. The topological polar surface area (TPSA) is 58.6 Å². The zero-order valence-corrected chi connectivity index (χ0v) is 10.1. The van der Waals surface area contributed by atoms with Crippen molar-refractivity contribution in [3.05, 3.63) is 35.9 Å². The molecule has 17 heavy (non-hydrogen) atoms. The van der Waals surface area contributed by atoms with Gasteiger partial charge in [0.05, 0.1) is 12.6 Å². The molecule has 4 nitrogen and oxygen atoms in total. The van der Waals surface area contributed by atoms with Crippen LogP contribution < -0.4 is 5.32 Å². The first-order valence-corrected chi connectivity index (χ1v) is 5.69. The molecule has 1 aromatic rings. The summed E-state index contributed by atoms with van der Waals surface area (Å²) in [4.78, 5) is 11.3. The number of carbonyl (C=O) groups is 1. The van der Waals surface area contributed by atoms with Gasteiger partial charge in [-0.2, -0.15) is 0 Å². The van der Waals surface area contributed by atoms with E-state index in [1.165, 1.54) is 12.7 Å². The summed E-state index contributed by atoms with van der Waals surface area (Å²) >= 11 is 0. The van der Waals surface area contributed by atoms with Crippen LogP contribution in [0.1, 0.15) is 12.0 Å². The molecule has 0 fully saturated rings. The third-order valence-corrected chi connectivity index (χ3v) is 2.49. The van der Waals surface area contributed by atoms with Gasteiger partial charge in [-0.25, -0.2) is 0 Å². The van der Waals surface area contributed by atoms with Crippen molar-refractivity contribution in [2.24, 2.45) is 0 Å². The number of rotatable bonds is 7. The van der Waals surface area contributed by atoms with E-state index >= 15 is 0 Å². The summed E-state index contributed by atoms with van der Waals surface area (Å²) in [5.41, 5.74) is 1.20. The molecule has 0 bridgehead atoms. The highest BCUT2D eigenvalue weighted by Crippen LogP contribution is 2.04. The molecule has 0 radical (unpaired) electrons. The first kappa shape index (κ1) is 13.7. The van der Waals surface area contributed by atoms with E-state index in [4.69, 9.17) is 9.84 Å². The maximum atomic E-state index is 11.3. The molecular weight excluding hydrogens is 218 g/mol. The van der Waals surface area contributed by atoms with Crippen molar-refractivity contribution in [1.82, 2.24) is 5.32 Å². The van der Waals surface area contributed by atoms with Crippen molar-refractivity contribution >= 4 is 5.91 Å². The molecule has 0 saturated heterocycles. The fourth-order valence-corrected chi connectivity index (χ4v) is 1.60. The molecule has 0 spiro atoms. The third kappa shape index (κ3) is 5.47. The van der Waals surface area contributed by atoms with Crippen LogP contribution in [-0.2, 0) is 16.0 Å². The van der Waals surface area contributed by atoms with Gasteiger partial charge in [0.25, 0.3) is 0 Å². The van der Waals surface area contributed by atoms with Gasteiger partial charge in [-0.05, 0) is 18.4 Å². The zero-order valence-electron chi connectivity index (χ0n) is 10.1. The van der Waals surface area contributed by atoms with Gasteiger partial charge in [-0.15, -0.1) is 0 Å². The number of aliphatic hydroxyl groups is 1. The minimum absolute atomic E-state index is 0.0296. The minimum atomic E-state index is -0.210. The lowest BCUT2D eigenvalue weighted by atomic mass is 10.1. The number of ether oxygens (including phenoxy) is 1. The van der Waals surface area contributed by atoms with Crippen LogP contribution in [0.3, 0.4) is 0 Å². The summed E-state index contributed by atoms with van der Waals surface area (Å²) in [5, 5.41) is 11.9. The van der Waals surface area contributed by atoms with Crippen LogP contribution in [0.2, 0.25) is 0 Å². The van der Waals surface area contributed by atoms with E-state index in [-0.39, 0.29) is 25.2 Å². The Morgan fingerprint density at radius 1 is 1.41 bits per heavy atom. The summed E-state index contributed by atoms with van der Waals surface area (Å²) in [6.45, 7) is -0.0237. The Kier molecular flexibility index (Phi) is 6.29. The van der Waals surface area contributed by atoms with Crippen LogP contribution >= 0.6 is 0 Å². The van der Waals surface area contributed by atoms with Crippen molar-refractivity contribution < 1.29 is 14.6 Å². The average Bonchev–Trinajstić information content (AvgIpc) is 2.36. The van der Waals surface area contributed by atoms with E-state index in [0.717, 1.165) is 12.8 Å². The molecule has 1 rings (SSSR count).